The molecule has 1 saturated carbocycles. The predicted octanol–water partition coefficient (Wildman–Crippen LogP) is 2.89. The molecule has 0 spiro atoms. The Morgan fingerprint density at radius 2 is 1.59 bits per heavy atom. The van der Waals surface area contributed by atoms with Crippen LogP contribution in [0.4, 0.5) is 0 Å². The van der Waals surface area contributed by atoms with Crippen LogP contribution in [-0.4, -0.2) is 37.1 Å². The van der Waals surface area contributed by atoms with Crippen LogP contribution >= 0.6 is 0 Å². The van der Waals surface area contributed by atoms with Crippen molar-refractivity contribution < 1.29 is 0 Å². The Morgan fingerprint density at radius 3 is 2.18 bits per heavy atom. The van der Waals surface area contributed by atoms with Crippen molar-refractivity contribution in [3.05, 3.63) is 0 Å². The fourth-order valence-corrected chi connectivity index (χ4v) is 3.46. The summed E-state index contributed by atoms with van der Waals surface area (Å²) in [4.78, 5) is 2.46. The van der Waals surface area contributed by atoms with E-state index in [0.717, 1.165) is 23.9 Å². The minimum atomic E-state index is 0.724. The zero-order valence-electron chi connectivity index (χ0n) is 11.9. The first-order valence-electron chi connectivity index (χ1n) is 7.59. The molecule has 1 aliphatic heterocycles. The fraction of sp³-hybridized carbons (Fsp3) is 1.00. The first-order valence-corrected chi connectivity index (χ1v) is 7.59. The zero-order valence-corrected chi connectivity index (χ0v) is 11.9. The molecule has 2 nitrogen and oxygen atoms in total. The second-order valence-corrected chi connectivity index (χ2v) is 6.55. The Labute approximate surface area is 107 Å². The summed E-state index contributed by atoms with van der Waals surface area (Å²) in [7, 11) is 2.25. The summed E-state index contributed by atoms with van der Waals surface area (Å²) in [5, 5.41) is 3.91. The topological polar surface area (TPSA) is 15.3 Å². The van der Waals surface area contributed by atoms with Crippen LogP contribution in [0.3, 0.4) is 0 Å². The van der Waals surface area contributed by atoms with E-state index < -0.39 is 0 Å². The lowest BCUT2D eigenvalue weighted by atomic mass is 9.85. The van der Waals surface area contributed by atoms with Gasteiger partial charge in [-0.3, -0.25) is 0 Å². The van der Waals surface area contributed by atoms with Crippen molar-refractivity contribution >= 4 is 0 Å². The maximum atomic E-state index is 3.91. The van der Waals surface area contributed by atoms with Gasteiger partial charge in [-0.05, 0) is 77.4 Å². The Morgan fingerprint density at radius 1 is 1.00 bits per heavy atom. The number of nitrogens with one attached hydrogen (secondary N) is 1. The average Bonchev–Trinajstić information content (AvgIpc) is 2.33. The summed E-state index contributed by atoms with van der Waals surface area (Å²) in [6.45, 7) is 7.39. The number of rotatable bonds is 3. The molecule has 1 N–H and O–H groups in total. The van der Waals surface area contributed by atoms with E-state index in [9.17, 15) is 0 Å². The molecule has 2 rings (SSSR count). The smallest absolute Gasteiger partial charge is 0.00705 e. The third kappa shape index (κ3) is 3.96. The van der Waals surface area contributed by atoms with Crippen molar-refractivity contribution in [3.8, 4) is 0 Å². The highest BCUT2D eigenvalue weighted by atomic mass is 15.1. The van der Waals surface area contributed by atoms with E-state index in [-0.39, 0.29) is 0 Å². The molecule has 1 unspecified atom stereocenters. The summed E-state index contributed by atoms with van der Waals surface area (Å²) < 4.78 is 0. The molecule has 0 aromatic carbocycles. The normalized spacial score (nSPS) is 34.8. The van der Waals surface area contributed by atoms with Crippen molar-refractivity contribution in [2.24, 2.45) is 11.8 Å². The molecule has 0 bridgehead atoms. The van der Waals surface area contributed by atoms with E-state index in [1.165, 1.54) is 51.6 Å². The molecule has 1 aliphatic carbocycles. The van der Waals surface area contributed by atoms with E-state index in [0.29, 0.717) is 0 Å². The lowest BCUT2D eigenvalue weighted by Crippen LogP contribution is -2.45. The summed E-state index contributed by atoms with van der Waals surface area (Å²) in [6, 6.07) is 1.53. The Balaban J connectivity index is 1.71. The Bertz CT molecular complexity index is 213. The van der Waals surface area contributed by atoms with Gasteiger partial charge in [-0.2, -0.15) is 0 Å². The predicted molar refractivity (Wildman–Crippen MR) is 74.2 cm³/mol. The van der Waals surface area contributed by atoms with Gasteiger partial charge in [-0.1, -0.05) is 6.92 Å². The largest absolute Gasteiger partial charge is 0.311 e. The molecule has 100 valence electrons. The molecule has 1 saturated heterocycles. The monoisotopic (exact) mass is 238 g/mol. The molecule has 0 radical (unpaired) electrons. The SMILES string of the molecule is CC1CCC(NC(C)C2CCN(C)CC2)CC1. The van der Waals surface area contributed by atoms with Crippen LogP contribution in [0, 0.1) is 11.8 Å². The van der Waals surface area contributed by atoms with Gasteiger partial charge in [0.15, 0.2) is 0 Å². The maximum absolute atomic E-state index is 3.91. The van der Waals surface area contributed by atoms with Crippen LogP contribution in [0.2, 0.25) is 0 Å². The second-order valence-electron chi connectivity index (χ2n) is 6.55. The molecular formula is C15H30N2. The highest BCUT2D eigenvalue weighted by Crippen LogP contribution is 2.26. The highest BCUT2D eigenvalue weighted by Gasteiger charge is 2.25. The average molecular weight is 238 g/mol. The van der Waals surface area contributed by atoms with Crippen LogP contribution in [-0.2, 0) is 0 Å². The molecule has 0 aromatic heterocycles. The van der Waals surface area contributed by atoms with Crippen molar-refractivity contribution in [2.75, 3.05) is 20.1 Å². The Hall–Kier alpha value is -0.0800. The Kier molecular flexibility index (Phi) is 4.87. The van der Waals surface area contributed by atoms with E-state index in [1.54, 1.807) is 0 Å². The standard InChI is InChI=1S/C15H30N2/c1-12-4-6-15(7-5-12)16-13(2)14-8-10-17(3)11-9-14/h12-16H,4-11H2,1-3H3. The van der Waals surface area contributed by atoms with Crippen molar-refractivity contribution in [3.63, 3.8) is 0 Å². The van der Waals surface area contributed by atoms with Crippen LogP contribution in [0.1, 0.15) is 52.4 Å². The number of nitrogens with zero attached hydrogens (tertiary/aromatic N) is 1. The summed E-state index contributed by atoms with van der Waals surface area (Å²) in [5.41, 5.74) is 0. The van der Waals surface area contributed by atoms with Gasteiger partial charge in [0.05, 0.1) is 0 Å². The van der Waals surface area contributed by atoms with Gasteiger partial charge in [-0.15, -0.1) is 0 Å². The first kappa shape index (κ1) is 13.4. The third-order valence-corrected chi connectivity index (χ3v) is 4.98. The number of piperidine rings is 1. The molecule has 2 heteroatoms. The van der Waals surface area contributed by atoms with Crippen molar-refractivity contribution in [1.82, 2.24) is 10.2 Å². The molecule has 17 heavy (non-hydrogen) atoms. The van der Waals surface area contributed by atoms with E-state index in [2.05, 4.69) is 31.1 Å². The van der Waals surface area contributed by atoms with Gasteiger partial charge in [0, 0.05) is 12.1 Å². The van der Waals surface area contributed by atoms with E-state index in [1.807, 2.05) is 0 Å². The lowest BCUT2D eigenvalue weighted by Gasteiger charge is -2.36. The van der Waals surface area contributed by atoms with Gasteiger partial charge < -0.3 is 10.2 Å². The van der Waals surface area contributed by atoms with Gasteiger partial charge >= 0.3 is 0 Å². The summed E-state index contributed by atoms with van der Waals surface area (Å²) in [6.07, 6.45) is 8.42. The molecule has 2 aliphatic rings. The van der Waals surface area contributed by atoms with E-state index >= 15 is 0 Å². The summed E-state index contributed by atoms with van der Waals surface area (Å²) in [5.74, 6) is 1.87. The second kappa shape index (κ2) is 6.19. The minimum Gasteiger partial charge on any atom is -0.311 e. The number of hydrogen-bond acceptors (Lipinski definition) is 2. The van der Waals surface area contributed by atoms with Gasteiger partial charge in [0.1, 0.15) is 0 Å². The fourth-order valence-electron chi connectivity index (χ4n) is 3.46. The van der Waals surface area contributed by atoms with Crippen LogP contribution in [0.15, 0.2) is 0 Å². The third-order valence-electron chi connectivity index (χ3n) is 4.98. The van der Waals surface area contributed by atoms with Crippen LogP contribution in [0.25, 0.3) is 0 Å². The summed E-state index contributed by atoms with van der Waals surface area (Å²) >= 11 is 0. The van der Waals surface area contributed by atoms with Gasteiger partial charge in [-0.25, -0.2) is 0 Å². The molecule has 2 fully saturated rings. The quantitative estimate of drug-likeness (QED) is 0.813. The molecule has 0 aromatic rings. The zero-order chi connectivity index (χ0) is 12.3. The molecule has 1 heterocycles. The first-order chi connectivity index (χ1) is 8.15. The lowest BCUT2D eigenvalue weighted by molar-refractivity contribution is 0.174. The molecule has 0 amide bonds. The molecular weight excluding hydrogens is 208 g/mol. The maximum Gasteiger partial charge on any atom is 0.00705 e. The van der Waals surface area contributed by atoms with Gasteiger partial charge in [0.25, 0.3) is 0 Å². The van der Waals surface area contributed by atoms with Gasteiger partial charge in [0.2, 0.25) is 0 Å². The van der Waals surface area contributed by atoms with Crippen LogP contribution in [0.5, 0.6) is 0 Å². The minimum absolute atomic E-state index is 0.724. The van der Waals surface area contributed by atoms with Crippen molar-refractivity contribution in [1.29, 1.82) is 0 Å². The molecule has 1 atom stereocenters. The highest BCUT2D eigenvalue weighted by molar-refractivity contribution is 4.83. The number of likely N-dealkylation sites (tertiary alicyclic amines) is 1. The van der Waals surface area contributed by atoms with Crippen LogP contribution < -0.4 is 5.32 Å². The van der Waals surface area contributed by atoms with E-state index in [4.69, 9.17) is 0 Å². The van der Waals surface area contributed by atoms with Crippen molar-refractivity contribution in [2.45, 2.75) is 64.5 Å². The number of hydrogen-bond donors (Lipinski definition) is 1.